The average Bonchev–Trinajstić information content (AvgIpc) is 2.34. The molecule has 0 aliphatic carbocycles. The summed E-state index contributed by atoms with van der Waals surface area (Å²) in [6, 6.07) is 3.35. The molecule has 0 saturated heterocycles. The first-order chi connectivity index (χ1) is 8.75. The molecule has 0 fully saturated rings. The SMILES string of the molecule is CCC(C)CSc1ccc(C(=O)O)c(C(F)(F)F)c1. The van der Waals surface area contributed by atoms with Crippen molar-refractivity contribution in [2.24, 2.45) is 5.92 Å². The van der Waals surface area contributed by atoms with Gasteiger partial charge in [-0.25, -0.2) is 4.79 Å². The summed E-state index contributed by atoms with van der Waals surface area (Å²) in [5.41, 5.74) is -1.80. The van der Waals surface area contributed by atoms with E-state index in [2.05, 4.69) is 0 Å². The Morgan fingerprint density at radius 1 is 1.42 bits per heavy atom. The van der Waals surface area contributed by atoms with Gasteiger partial charge < -0.3 is 5.11 Å². The Balaban J connectivity index is 3.02. The smallest absolute Gasteiger partial charge is 0.417 e. The summed E-state index contributed by atoms with van der Waals surface area (Å²) in [7, 11) is 0. The Morgan fingerprint density at radius 3 is 2.53 bits per heavy atom. The summed E-state index contributed by atoms with van der Waals surface area (Å²) >= 11 is 1.31. The van der Waals surface area contributed by atoms with Gasteiger partial charge in [0.05, 0.1) is 11.1 Å². The molecule has 0 spiro atoms. The van der Waals surface area contributed by atoms with E-state index in [1.165, 1.54) is 17.8 Å². The molecule has 1 aromatic carbocycles. The Labute approximate surface area is 114 Å². The van der Waals surface area contributed by atoms with Crippen LogP contribution in [0.4, 0.5) is 13.2 Å². The van der Waals surface area contributed by atoms with Crippen LogP contribution in [-0.2, 0) is 6.18 Å². The molecule has 1 N–H and O–H groups in total. The quantitative estimate of drug-likeness (QED) is 0.809. The van der Waals surface area contributed by atoms with Crippen molar-refractivity contribution in [3.63, 3.8) is 0 Å². The number of aromatic carboxylic acids is 1. The molecule has 19 heavy (non-hydrogen) atoms. The predicted molar refractivity (Wildman–Crippen MR) is 68.6 cm³/mol. The molecular formula is C13H15F3O2S. The minimum Gasteiger partial charge on any atom is -0.478 e. The fourth-order valence-electron chi connectivity index (χ4n) is 1.39. The number of hydrogen-bond donors (Lipinski definition) is 1. The molecule has 1 rings (SSSR count). The Morgan fingerprint density at radius 2 is 2.05 bits per heavy atom. The van der Waals surface area contributed by atoms with Gasteiger partial charge in [0.2, 0.25) is 0 Å². The first-order valence-electron chi connectivity index (χ1n) is 5.83. The second-order valence-electron chi connectivity index (χ2n) is 4.33. The number of hydrogen-bond acceptors (Lipinski definition) is 2. The van der Waals surface area contributed by atoms with Gasteiger partial charge in [-0.2, -0.15) is 13.2 Å². The van der Waals surface area contributed by atoms with Crippen LogP contribution >= 0.6 is 11.8 Å². The molecule has 6 heteroatoms. The molecule has 0 aliphatic heterocycles. The molecule has 0 saturated carbocycles. The third kappa shape index (κ3) is 4.45. The standard InChI is InChI=1S/C13H15F3O2S/c1-3-8(2)7-19-9-4-5-10(12(17)18)11(6-9)13(14,15)16/h4-6,8H,3,7H2,1-2H3,(H,17,18). The monoisotopic (exact) mass is 292 g/mol. The summed E-state index contributed by atoms with van der Waals surface area (Å²) in [5.74, 6) is -0.454. The van der Waals surface area contributed by atoms with Gasteiger partial charge in [0.25, 0.3) is 0 Å². The Bertz CT molecular complexity index is 458. The van der Waals surface area contributed by atoms with E-state index >= 15 is 0 Å². The van der Waals surface area contributed by atoms with Crippen LogP contribution in [0.1, 0.15) is 36.2 Å². The number of halogens is 3. The van der Waals surface area contributed by atoms with E-state index in [1.54, 1.807) is 0 Å². The van der Waals surface area contributed by atoms with Gasteiger partial charge in [-0.05, 0) is 24.1 Å². The van der Waals surface area contributed by atoms with Crippen molar-refractivity contribution in [3.8, 4) is 0 Å². The summed E-state index contributed by atoms with van der Waals surface area (Å²) in [5, 5.41) is 8.77. The predicted octanol–water partition coefficient (Wildman–Crippen LogP) is 4.54. The van der Waals surface area contributed by atoms with E-state index in [1.807, 2.05) is 13.8 Å². The summed E-state index contributed by atoms with van der Waals surface area (Å²) in [6.45, 7) is 4.03. The van der Waals surface area contributed by atoms with Crippen LogP contribution in [0, 0.1) is 5.92 Å². The van der Waals surface area contributed by atoms with Gasteiger partial charge >= 0.3 is 12.1 Å². The van der Waals surface area contributed by atoms with Crippen molar-refractivity contribution < 1.29 is 23.1 Å². The van der Waals surface area contributed by atoms with E-state index < -0.39 is 23.3 Å². The third-order valence-electron chi connectivity index (χ3n) is 2.76. The van der Waals surface area contributed by atoms with Gasteiger partial charge in [-0.1, -0.05) is 20.3 Å². The highest BCUT2D eigenvalue weighted by atomic mass is 32.2. The fourth-order valence-corrected chi connectivity index (χ4v) is 2.47. The van der Waals surface area contributed by atoms with E-state index in [9.17, 15) is 18.0 Å². The Kier molecular flexibility index (Phi) is 5.29. The minimum absolute atomic E-state index is 0.401. The highest BCUT2D eigenvalue weighted by Crippen LogP contribution is 2.35. The number of alkyl halides is 3. The van der Waals surface area contributed by atoms with E-state index in [0.717, 1.165) is 18.6 Å². The van der Waals surface area contributed by atoms with Crippen molar-refractivity contribution in [2.75, 3.05) is 5.75 Å². The normalized spacial score (nSPS) is 13.3. The van der Waals surface area contributed by atoms with Crippen molar-refractivity contribution >= 4 is 17.7 Å². The maximum atomic E-state index is 12.8. The fraction of sp³-hybridized carbons (Fsp3) is 0.462. The molecule has 0 aliphatic rings. The third-order valence-corrected chi connectivity index (χ3v) is 4.08. The van der Waals surface area contributed by atoms with Crippen molar-refractivity contribution in [1.82, 2.24) is 0 Å². The summed E-state index contributed by atoms with van der Waals surface area (Å²) in [6.07, 6.45) is -3.70. The van der Waals surface area contributed by atoms with Crippen LogP contribution in [0.5, 0.6) is 0 Å². The lowest BCUT2D eigenvalue weighted by atomic mass is 10.1. The zero-order chi connectivity index (χ0) is 14.6. The highest BCUT2D eigenvalue weighted by Gasteiger charge is 2.35. The van der Waals surface area contributed by atoms with Crippen molar-refractivity contribution in [1.29, 1.82) is 0 Å². The second-order valence-corrected chi connectivity index (χ2v) is 5.43. The molecule has 0 aromatic heterocycles. The van der Waals surface area contributed by atoms with Crippen molar-refractivity contribution in [3.05, 3.63) is 29.3 Å². The van der Waals surface area contributed by atoms with Crippen LogP contribution in [-0.4, -0.2) is 16.8 Å². The molecule has 0 radical (unpaired) electrons. The van der Waals surface area contributed by atoms with Crippen molar-refractivity contribution in [2.45, 2.75) is 31.3 Å². The largest absolute Gasteiger partial charge is 0.478 e. The molecule has 106 valence electrons. The first kappa shape index (κ1) is 15.9. The number of carboxylic acid groups (broad SMARTS) is 1. The van der Waals surface area contributed by atoms with Gasteiger partial charge in [-0.3, -0.25) is 0 Å². The molecule has 1 atom stereocenters. The van der Waals surface area contributed by atoms with Crippen LogP contribution in [0.2, 0.25) is 0 Å². The molecule has 2 nitrogen and oxygen atoms in total. The lowest BCUT2D eigenvalue weighted by Crippen LogP contribution is -2.13. The zero-order valence-corrected chi connectivity index (χ0v) is 11.4. The van der Waals surface area contributed by atoms with E-state index in [0.29, 0.717) is 16.6 Å². The van der Waals surface area contributed by atoms with Crippen LogP contribution in [0.3, 0.4) is 0 Å². The van der Waals surface area contributed by atoms with Crippen LogP contribution < -0.4 is 0 Å². The zero-order valence-electron chi connectivity index (χ0n) is 10.6. The van der Waals surface area contributed by atoms with Gasteiger partial charge in [0.15, 0.2) is 0 Å². The number of carboxylic acids is 1. The van der Waals surface area contributed by atoms with E-state index in [-0.39, 0.29) is 0 Å². The minimum atomic E-state index is -4.65. The molecule has 0 bridgehead atoms. The molecule has 0 amide bonds. The van der Waals surface area contributed by atoms with Gasteiger partial charge in [0.1, 0.15) is 0 Å². The van der Waals surface area contributed by atoms with Gasteiger partial charge in [-0.15, -0.1) is 11.8 Å². The van der Waals surface area contributed by atoms with Crippen LogP contribution in [0.15, 0.2) is 23.1 Å². The second kappa shape index (κ2) is 6.32. The molecular weight excluding hydrogens is 277 g/mol. The maximum Gasteiger partial charge on any atom is 0.417 e. The number of benzene rings is 1. The lowest BCUT2D eigenvalue weighted by Gasteiger charge is -2.13. The lowest BCUT2D eigenvalue weighted by molar-refractivity contribution is -0.138. The molecule has 1 aromatic rings. The summed E-state index contributed by atoms with van der Waals surface area (Å²) < 4.78 is 38.3. The average molecular weight is 292 g/mol. The number of rotatable bonds is 5. The van der Waals surface area contributed by atoms with E-state index in [4.69, 9.17) is 5.11 Å². The Hall–Kier alpha value is -1.17. The topological polar surface area (TPSA) is 37.3 Å². The molecule has 0 heterocycles. The number of carbonyl (C=O) groups is 1. The van der Waals surface area contributed by atoms with Crippen LogP contribution in [0.25, 0.3) is 0 Å². The summed E-state index contributed by atoms with van der Waals surface area (Å²) in [4.78, 5) is 11.2. The highest BCUT2D eigenvalue weighted by molar-refractivity contribution is 7.99. The first-order valence-corrected chi connectivity index (χ1v) is 6.81. The van der Waals surface area contributed by atoms with Gasteiger partial charge in [0, 0.05) is 10.6 Å². The number of thioether (sulfide) groups is 1. The maximum absolute atomic E-state index is 12.8. The molecule has 1 unspecified atom stereocenters.